The van der Waals surface area contributed by atoms with Gasteiger partial charge in [-0.3, -0.25) is 4.90 Å². The summed E-state index contributed by atoms with van der Waals surface area (Å²) in [5, 5.41) is -0.410. The lowest BCUT2D eigenvalue weighted by Gasteiger charge is -2.23. The molecule has 2 aromatic rings. The zero-order chi connectivity index (χ0) is 17.5. The smallest absolute Gasteiger partial charge is 0.375 e. The van der Waals surface area contributed by atoms with Crippen molar-refractivity contribution < 1.29 is 36.1 Å². The minimum Gasteiger partial charge on any atom is -0.375 e. The molecule has 0 amide bonds. The number of morpholine rings is 1. The minimum absolute atomic E-state index is 0.0323. The van der Waals surface area contributed by atoms with Crippen LogP contribution in [0.5, 0.6) is 0 Å². The van der Waals surface area contributed by atoms with Crippen LogP contribution in [0, 0.1) is 0 Å². The first-order chi connectivity index (χ1) is 11.2. The first kappa shape index (κ1) is 16.7. The number of aromatic amines is 1. The first-order valence-corrected chi connectivity index (χ1v) is 7.00. The molecule has 0 saturated carbocycles. The van der Waals surface area contributed by atoms with Gasteiger partial charge in [-0.15, -0.1) is 0 Å². The fraction of sp³-hybridized carbons (Fsp3) is 0.429. The molecule has 1 aliphatic heterocycles. The molecule has 1 aliphatic rings. The normalized spacial score (nSPS) is 16.7. The van der Waals surface area contributed by atoms with Crippen LogP contribution in [0.15, 0.2) is 18.2 Å². The van der Waals surface area contributed by atoms with E-state index in [1.807, 2.05) is 0 Å². The van der Waals surface area contributed by atoms with Gasteiger partial charge >= 0.3 is 12.4 Å². The summed E-state index contributed by atoms with van der Waals surface area (Å²) >= 11 is 0. The van der Waals surface area contributed by atoms with Crippen LogP contribution in [0.25, 0.3) is 11.0 Å². The van der Waals surface area contributed by atoms with Gasteiger partial charge < -0.3 is 4.74 Å². The summed E-state index contributed by atoms with van der Waals surface area (Å²) in [6.45, 7) is 1.81. The van der Waals surface area contributed by atoms with Crippen molar-refractivity contribution in [1.82, 2.24) is 4.98 Å². The number of fused-ring (bicyclic) bond motifs is 1. The standard InChI is InChI=1S/C14H11F6N3O/c15-13(16,17)9-7-10(14(18,19)20)21-12-8(9)1-2-11(22-12)23-3-5-24-6-4-23/h1-2,7H,3-6H2/p+1. The lowest BCUT2D eigenvalue weighted by molar-refractivity contribution is -0.334. The van der Waals surface area contributed by atoms with Gasteiger partial charge in [0.25, 0.3) is 5.65 Å². The average Bonchev–Trinajstić information content (AvgIpc) is 2.52. The monoisotopic (exact) mass is 352 g/mol. The van der Waals surface area contributed by atoms with Crippen LogP contribution in [0.4, 0.5) is 32.2 Å². The zero-order valence-electron chi connectivity index (χ0n) is 12.1. The third-order valence-electron chi connectivity index (χ3n) is 3.66. The Balaban J connectivity index is 2.16. The lowest BCUT2D eigenvalue weighted by atomic mass is 10.1. The van der Waals surface area contributed by atoms with Crippen molar-refractivity contribution in [2.45, 2.75) is 12.4 Å². The average molecular weight is 352 g/mol. The second kappa shape index (κ2) is 5.76. The van der Waals surface area contributed by atoms with E-state index in [1.54, 1.807) is 4.90 Å². The quantitative estimate of drug-likeness (QED) is 0.741. The number of rotatable bonds is 1. The van der Waals surface area contributed by atoms with E-state index in [0.717, 1.165) is 6.07 Å². The molecule has 0 bridgehead atoms. The highest BCUT2D eigenvalue weighted by atomic mass is 19.4. The largest absolute Gasteiger partial charge is 0.449 e. The van der Waals surface area contributed by atoms with Gasteiger partial charge in [0, 0.05) is 6.07 Å². The van der Waals surface area contributed by atoms with E-state index in [2.05, 4.69) is 9.97 Å². The van der Waals surface area contributed by atoms with Gasteiger partial charge in [-0.1, -0.05) is 4.98 Å². The Morgan fingerprint density at radius 3 is 2.25 bits per heavy atom. The number of hydrogen-bond donors (Lipinski definition) is 0. The zero-order valence-corrected chi connectivity index (χ0v) is 12.1. The summed E-state index contributed by atoms with van der Waals surface area (Å²) in [4.78, 5) is 7.69. The molecule has 3 rings (SSSR count). The fourth-order valence-electron chi connectivity index (χ4n) is 2.51. The van der Waals surface area contributed by atoms with Crippen molar-refractivity contribution in [3.05, 3.63) is 29.5 Å². The van der Waals surface area contributed by atoms with Gasteiger partial charge in [-0.25, -0.2) is 4.98 Å². The summed E-state index contributed by atoms with van der Waals surface area (Å²) in [7, 11) is 0. The lowest BCUT2D eigenvalue weighted by Crippen LogP contribution is -2.39. The molecule has 24 heavy (non-hydrogen) atoms. The number of alkyl halides is 6. The molecule has 0 aliphatic carbocycles. The molecule has 4 nitrogen and oxygen atoms in total. The van der Waals surface area contributed by atoms with Crippen LogP contribution < -0.4 is 9.88 Å². The molecule has 0 atom stereocenters. The predicted octanol–water partition coefficient (Wildman–Crippen LogP) is 2.92. The highest BCUT2D eigenvalue weighted by Gasteiger charge is 2.42. The minimum atomic E-state index is -4.98. The molecule has 2 aromatic heterocycles. The van der Waals surface area contributed by atoms with Crippen molar-refractivity contribution in [2.75, 3.05) is 31.2 Å². The molecule has 130 valence electrons. The Labute approximate surface area is 132 Å². The molecular formula is C14H12F6N3O+. The summed E-state index contributed by atoms with van der Waals surface area (Å²) in [6, 6.07) is 2.56. The Hall–Kier alpha value is -2.10. The van der Waals surface area contributed by atoms with Crippen LogP contribution in [-0.2, 0) is 17.1 Å². The van der Waals surface area contributed by atoms with E-state index in [-0.39, 0.29) is 6.07 Å². The van der Waals surface area contributed by atoms with Gasteiger partial charge in [0.05, 0.1) is 37.3 Å². The maximum Gasteiger partial charge on any atom is 0.449 e. The third kappa shape index (κ3) is 3.23. The van der Waals surface area contributed by atoms with Gasteiger partial charge in [-0.05, 0) is 12.1 Å². The number of ether oxygens (including phenoxy) is 1. The van der Waals surface area contributed by atoms with E-state index in [4.69, 9.17) is 4.74 Å². The Morgan fingerprint density at radius 1 is 1.00 bits per heavy atom. The molecule has 3 heterocycles. The van der Waals surface area contributed by atoms with Crippen LogP contribution >= 0.6 is 0 Å². The van der Waals surface area contributed by atoms with Crippen LogP contribution in [0.1, 0.15) is 11.3 Å². The maximum absolute atomic E-state index is 13.1. The van der Waals surface area contributed by atoms with Crippen LogP contribution in [0.3, 0.4) is 0 Å². The SMILES string of the molecule is FC(F)(F)c1cc(C(F)(F)F)c2ccc(N3CCOCC3)[nH+]c2n1. The topological polar surface area (TPSA) is 39.5 Å². The molecular weight excluding hydrogens is 340 g/mol. The molecule has 1 saturated heterocycles. The number of pyridine rings is 2. The van der Waals surface area contributed by atoms with E-state index in [0.29, 0.717) is 32.1 Å². The Morgan fingerprint density at radius 2 is 1.67 bits per heavy atom. The van der Waals surface area contributed by atoms with E-state index in [9.17, 15) is 26.3 Å². The molecule has 0 aromatic carbocycles. The van der Waals surface area contributed by atoms with E-state index >= 15 is 0 Å². The van der Waals surface area contributed by atoms with Gasteiger partial charge in [0.2, 0.25) is 11.5 Å². The fourth-order valence-corrected chi connectivity index (χ4v) is 2.51. The van der Waals surface area contributed by atoms with Gasteiger partial charge in [0.1, 0.15) is 0 Å². The number of anilines is 1. The van der Waals surface area contributed by atoms with Crippen LogP contribution in [-0.4, -0.2) is 31.3 Å². The van der Waals surface area contributed by atoms with Gasteiger partial charge in [-0.2, -0.15) is 26.3 Å². The van der Waals surface area contributed by atoms with E-state index < -0.39 is 34.6 Å². The highest BCUT2D eigenvalue weighted by molar-refractivity contribution is 5.78. The number of halogens is 6. The van der Waals surface area contributed by atoms with E-state index in [1.165, 1.54) is 6.07 Å². The summed E-state index contributed by atoms with van der Waals surface area (Å²) in [5.41, 5.74) is -3.41. The predicted molar refractivity (Wildman–Crippen MR) is 71.3 cm³/mol. The van der Waals surface area contributed by atoms with Crippen molar-refractivity contribution in [3.63, 3.8) is 0 Å². The summed E-state index contributed by atoms with van der Waals surface area (Å²) < 4.78 is 83.1. The number of nitrogens with zero attached hydrogens (tertiary/aromatic N) is 2. The molecule has 0 spiro atoms. The first-order valence-electron chi connectivity index (χ1n) is 7.00. The number of aromatic nitrogens is 2. The van der Waals surface area contributed by atoms with Gasteiger partial charge in [0.15, 0.2) is 0 Å². The Kier molecular flexibility index (Phi) is 4.02. The molecule has 0 unspecified atom stereocenters. The number of H-pyrrole nitrogens is 1. The third-order valence-corrected chi connectivity index (χ3v) is 3.66. The molecule has 1 N–H and O–H groups in total. The molecule has 1 fully saturated rings. The molecule has 0 radical (unpaired) electrons. The highest BCUT2D eigenvalue weighted by Crippen LogP contribution is 2.37. The van der Waals surface area contributed by atoms with Crippen molar-refractivity contribution in [2.24, 2.45) is 0 Å². The molecule has 10 heteroatoms. The second-order valence-electron chi connectivity index (χ2n) is 5.26. The van der Waals surface area contributed by atoms with Crippen molar-refractivity contribution in [1.29, 1.82) is 0 Å². The summed E-state index contributed by atoms with van der Waals surface area (Å²) in [6.07, 6.45) is -9.90. The number of hydrogen-bond acceptors (Lipinski definition) is 3. The number of nitrogens with one attached hydrogen (secondary N) is 1. The Bertz CT molecular complexity index is 752. The maximum atomic E-state index is 13.1. The van der Waals surface area contributed by atoms with Crippen molar-refractivity contribution >= 4 is 16.9 Å². The second-order valence-corrected chi connectivity index (χ2v) is 5.26. The van der Waals surface area contributed by atoms with Crippen molar-refractivity contribution in [3.8, 4) is 0 Å². The summed E-state index contributed by atoms with van der Waals surface area (Å²) in [5.74, 6) is 0.394. The van der Waals surface area contributed by atoms with Crippen LogP contribution in [0.2, 0.25) is 0 Å².